The molecule has 1 aromatic heterocycles. The van der Waals surface area contributed by atoms with Crippen LogP contribution in [0.2, 0.25) is 0 Å². The molecule has 1 heterocycles. The van der Waals surface area contributed by atoms with Gasteiger partial charge in [-0.05, 0) is 28.4 Å². The van der Waals surface area contributed by atoms with Gasteiger partial charge in [0.1, 0.15) is 6.61 Å². The highest BCUT2D eigenvalue weighted by Gasteiger charge is 2.15. The topological polar surface area (TPSA) is 60.2 Å². The summed E-state index contributed by atoms with van der Waals surface area (Å²) in [5.74, 6) is 1.28. The van der Waals surface area contributed by atoms with Gasteiger partial charge in [0.05, 0.1) is 6.61 Å². The highest BCUT2D eigenvalue weighted by molar-refractivity contribution is 9.10. The molecule has 0 saturated carbocycles. The number of aromatic nitrogens is 3. The van der Waals surface area contributed by atoms with Gasteiger partial charge in [-0.2, -0.15) is 0 Å². The average Bonchev–Trinajstić information content (AvgIpc) is 2.82. The Bertz CT molecular complexity index is 569. The van der Waals surface area contributed by atoms with E-state index in [1.807, 2.05) is 29.7 Å². The molecule has 2 rings (SSSR count). The molecule has 0 saturated heterocycles. The molecule has 1 aromatic carbocycles. The lowest BCUT2D eigenvalue weighted by Gasteiger charge is -2.11. The quantitative estimate of drug-likeness (QED) is 0.915. The minimum absolute atomic E-state index is 0.139. The van der Waals surface area contributed by atoms with E-state index >= 15 is 0 Å². The molecule has 0 spiro atoms. The zero-order chi connectivity index (χ0) is 13.8. The lowest BCUT2D eigenvalue weighted by atomic mass is 10.1. The number of hydrogen-bond acceptors (Lipinski definition) is 4. The van der Waals surface area contributed by atoms with Crippen molar-refractivity contribution >= 4 is 15.9 Å². The highest BCUT2D eigenvalue weighted by atomic mass is 79.9. The van der Waals surface area contributed by atoms with Crippen LogP contribution in [0.4, 0.5) is 0 Å². The van der Waals surface area contributed by atoms with E-state index < -0.39 is 0 Å². The van der Waals surface area contributed by atoms with Crippen LogP contribution in [0.1, 0.15) is 11.4 Å². The number of aliphatic hydroxyl groups is 1. The fourth-order valence-electron chi connectivity index (χ4n) is 1.89. The monoisotopic (exact) mass is 325 g/mol. The third-order valence-electron chi connectivity index (χ3n) is 2.92. The summed E-state index contributed by atoms with van der Waals surface area (Å²) in [6, 6.07) is 5.98. The van der Waals surface area contributed by atoms with E-state index in [1.165, 1.54) is 0 Å². The number of nitrogens with zero attached hydrogens (tertiary/aromatic N) is 3. The van der Waals surface area contributed by atoms with Crippen molar-refractivity contribution in [2.45, 2.75) is 20.1 Å². The Morgan fingerprint density at radius 2 is 2.16 bits per heavy atom. The van der Waals surface area contributed by atoms with E-state index in [9.17, 15) is 5.11 Å². The molecule has 0 atom stereocenters. The minimum atomic E-state index is -0.139. The summed E-state index contributed by atoms with van der Waals surface area (Å²) in [6.45, 7) is 3.03. The fourth-order valence-corrected chi connectivity index (χ4v) is 2.33. The molecular weight excluding hydrogens is 310 g/mol. The van der Waals surface area contributed by atoms with Crippen LogP contribution in [0.25, 0.3) is 11.4 Å². The predicted octanol–water partition coefficient (Wildman–Crippen LogP) is 2.15. The van der Waals surface area contributed by atoms with E-state index in [0.29, 0.717) is 19.0 Å². The zero-order valence-corrected chi connectivity index (χ0v) is 12.5. The van der Waals surface area contributed by atoms with Crippen molar-refractivity contribution in [1.82, 2.24) is 14.8 Å². The number of aryl methyl sites for hydroxylation is 1. The molecule has 0 radical (unpaired) electrons. The summed E-state index contributed by atoms with van der Waals surface area (Å²) >= 11 is 3.58. The molecule has 0 aliphatic heterocycles. The predicted molar refractivity (Wildman–Crippen MR) is 75.7 cm³/mol. The van der Waals surface area contributed by atoms with Crippen molar-refractivity contribution in [2.24, 2.45) is 0 Å². The summed E-state index contributed by atoms with van der Waals surface area (Å²) in [5.41, 5.74) is 2.09. The second-order valence-corrected chi connectivity index (χ2v) is 4.97. The van der Waals surface area contributed by atoms with Gasteiger partial charge >= 0.3 is 0 Å². The molecular formula is C13H16BrN3O2. The first-order valence-corrected chi connectivity index (χ1v) is 6.75. The first-order valence-electron chi connectivity index (χ1n) is 5.96. The molecule has 19 heavy (non-hydrogen) atoms. The number of rotatable bonds is 5. The number of ether oxygens (including phenoxy) is 1. The van der Waals surface area contributed by atoms with Gasteiger partial charge in [0.15, 0.2) is 11.6 Å². The number of hydrogen-bond donors (Lipinski definition) is 1. The van der Waals surface area contributed by atoms with Crippen LogP contribution in [-0.2, 0) is 17.9 Å². The van der Waals surface area contributed by atoms with Crippen LogP contribution in [0.3, 0.4) is 0 Å². The van der Waals surface area contributed by atoms with Crippen molar-refractivity contribution in [3.05, 3.63) is 34.1 Å². The standard InChI is InChI=1S/C13H16BrN3O2/c1-9-4-3-5-10(12(9)14)13-16-15-11(8-18)17(13)6-7-19-2/h3-5,18H,6-8H2,1-2H3. The molecule has 6 heteroatoms. The number of halogens is 1. The smallest absolute Gasteiger partial charge is 0.165 e. The summed E-state index contributed by atoms with van der Waals surface area (Å²) in [5, 5.41) is 17.5. The SMILES string of the molecule is COCCn1c(CO)nnc1-c1cccc(C)c1Br. The fraction of sp³-hybridized carbons (Fsp3) is 0.385. The first-order chi connectivity index (χ1) is 9.19. The lowest BCUT2D eigenvalue weighted by molar-refractivity contribution is 0.183. The maximum Gasteiger partial charge on any atom is 0.165 e. The Kier molecular flexibility index (Phi) is 4.68. The van der Waals surface area contributed by atoms with Crippen molar-refractivity contribution < 1.29 is 9.84 Å². The third-order valence-corrected chi connectivity index (χ3v) is 3.97. The van der Waals surface area contributed by atoms with Crippen molar-refractivity contribution in [2.75, 3.05) is 13.7 Å². The molecule has 0 aliphatic carbocycles. The Hall–Kier alpha value is -1.24. The molecule has 0 amide bonds. The van der Waals surface area contributed by atoms with Crippen molar-refractivity contribution in [3.63, 3.8) is 0 Å². The molecule has 0 bridgehead atoms. The number of methoxy groups -OCH3 is 1. The maximum atomic E-state index is 9.33. The van der Waals surface area contributed by atoms with Gasteiger partial charge in [-0.25, -0.2) is 0 Å². The van der Waals surface area contributed by atoms with E-state index in [1.54, 1.807) is 7.11 Å². The largest absolute Gasteiger partial charge is 0.388 e. The minimum Gasteiger partial charge on any atom is -0.388 e. The molecule has 102 valence electrons. The molecule has 0 aliphatic rings. The highest BCUT2D eigenvalue weighted by Crippen LogP contribution is 2.29. The van der Waals surface area contributed by atoms with Crippen molar-refractivity contribution in [3.8, 4) is 11.4 Å². The average molecular weight is 326 g/mol. The second kappa shape index (κ2) is 6.27. The Labute approximate surface area is 120 Å². The molecule has 2 aromatic rings. The van der Waals surface area contributed by atoms with Gasteiger partial charge in [-0.1, -0.05) is 18.2 Å². The number of aliphatic hydroxyl groups excluding tert-OH is 1. The van der Waals surface area contributed by atoms with Crippen LogP contribution in [-0.4, -0.2) is 33.6 Å². The summed E-state index contributed by atoms with van der Waals surface area (Å²) < 4.78 is 7.96. The van der Waals surface area contributed by atoms with Gasteiger partial charge < -0.3 is 14.4 Å². The van der Waals surface area contributed by atoms with E-state index in [4.69, 9.17) is 4.74 Å². The van der Waals surface area contributed by atoms with E-state index in [2.05, 4.69) is 26.1 Å². The maximum absolute atomic E-state index is 9.33. The van der Waals surface area contributed by atoms with Gasteiger partial charge in [-0.3, -0.25) is 0 Å². The second-order valence-electron chi connectivity index (χ2n) is 4.18. The van der Waals surface area contributed by atoms with Gasteiger partial charge in [-0.15, -0.1) is 10.2 Å². The Balaban J connectivity index is 2.49. The van der Waals surface area contributed by atoms with Gasteiger partial charge in [0.2, 0.25) is 0 Å². The van der Waals surface area contributed by atoms with Crippen LogP contribution in [0, 0.1) is 6.92 Å². The number of benzene rings is 1. The third kappa shape index (κ3) is 2.86. The Morgan fingerprint density at radius 1 is 1.37 bits per heavy atom. The van der Waals surface area contributed by atoms with Crippen LogP contribution < -0.4 is 0 Å². The van der Waals surface area contributed by atoms with Gasteiger partial charge in [0, 0.05) is 23.7 Å². The van der Waals surface area contributed by atoms with Crippen LogP contribution in [0.15, 0.2) is 22.7 Å². The molecule has 5 nitrogen and oxygen atoms in total. The molecule has 0 unspecified atom stereocenters. The summed E-state index contributed by atoms with van der Waals surface area (Å²) in [7, 11) is 1.64. The first kappa shape index (κ1) is 14.2. The zero-order valence-electron chi connectivity index (χ0n) is 10.9. The van der Waals surface area contributed by atoms with E-state index in [-0.39, 0.29) is 6.61 Å². The molecule has 0 fully saturated rings. The van der Waals surface area contributed by atoms with Crippen LogP contribution >= 0.6 is 15.9 Å². The van der Waals surface area contributed by atoms with Crippen molar-refractivity contribution in [1.29, 1.82) is 0 Å². The summed E-state index contributed by atoms with van der Waals surface area (Å²) in [4.78, 5) is 0. The summed E-state index contributed by atoms with van der Waals surface area (Å²) in [6.07, 6.45) is 0. The van der Waals surface area contributed by atoms with Gasteiger partial charge in [0.25, 0.3) is 0 Å². The normalized spacial score (nSPS) is 10.9. The Morgan fingerprint density at radius 3 is 2.84 bits per heavy atom. The molecule has 1 N–H and O–H groups in total. The lowest BCUT2D eigenvalue weighted by Crippen LogP contribution is -2.10. The van der Waals surface area contributed by atoms with E-state index in [0.717, 1.165) is 21.4 Å². The van der Waals surface area contributed by atoms with Crippen LogP contribution in [0.5, 0.6) is 0 Å².